The maximum atomic E-state index is 10.7. The molecule has 2 unspecified atom stereocenters. The lowest BCUT2D eigenvalue weighted by Gasteiger charge is -2.37. The van der Waals surface area contributed by atoms with Crippen molar-refractivity contribution >= 4 is 23.4 Å². The number of benzene rings is 2. The fourth-order valence-electron chi connectivity index (χ4n) is 6.02. The molecule has 1 N–H and O–H groups in total. The second kappa shape index (κ2) is 13.5. The number of anilines is 3. The molecule has 4 atom stereocenters. The van der Waals surface area contributed by atoms with Gasteiger partial charge in [-0.3, -0.25) is 4.90 Å². The molecule has 2 aromatic heterocycles. The van der Waals surface area contributed by atoms with E-state index in [0.29, 0.717) is 19.0 Å². The molecule has 7 rings (SSSR count). The van der Waals surface area contributed by atoms with Crippen molar-refractivity contribution in [2.75, 3.05) is 54.1 Å². The standard InChI is InChI=1S/C33H40N10O4/c1-3-25(2)43-32(44)41(24-38-43)28-7-5-26(6-8-28)39-17-19-40(20-18-39)27-9-11-29(12-10-27)45-21-30-22-46-33(47-30,23-42-36-15-16-37-42)31-34-13-4-14-35-31/h4-16,24-25,30,32,44H,3,17-23H2,1-2H3/t25?,30-,32?,33-/m1/s1. The van der Waals surface area contributed by atoms with Crippen LogP contribution in [0.4, 0.5) is 17.1 Å². The van der Waals surface area contributed by atoms with Gasteiger partial charge < -0.3 is 29.1 Å². The van der Waals surface area contributed by atoms with E-state index in [1.807, 2.05) is 24.3 Å². The molecule has 14 heteroatoms. The van der Waals surface area contributed by atoms with Crippen molar-refractivity contribution in [1.29, 1.82) is 0 Å². The van der Waals surface area contributed by atoms with Gasteiger partial charge in [0.2, 0.25) is 6.35 Å². The van der Waals surface area contributed by atoms with Crippen LogP contribution in [0.3, 0.4) is 0 Å². The first-order valence-electron chi connectivity index (χ1n) is 16.1. The first kappa shape index (κ1) is 30.8. The number of hydrazone groups is 1. The minimum atomic E-state index is -1.19. The highest BCUT2D eigenvalue weighted by atomic mass is 16.8. The monoisotopic (exact) mass is 640 g/mol. The zero-order valence-electron chi connectivity index (χ0n) is 26.6. The van der Waals surface area contributed by atoms with Crippen LogP contribution >= 0.6 is 0 Å². The number of hydrogen-bond acceptors (Lipinski definition) is 13. The minimum Gasteiger partial charge on any atom is -0.491 e. The summed E-state index contributed by atoms with van der Waals surface area (Å²) in [7, 11) is 0. The number of ether oxygens (including phenoxy) is 3. The van der Waals surface area contributed by atoms with E-state index in [1.165, 1.54) is 10.5 Å². The van der Waals surface area contributed by atoms with Gasteiger partial charge in [-0.1, -0.05) is 6.92 Å². The van der Waals surface area contributed by atoms with Crippen LogP contribution < -0.4 is 19.4 Å². The van der Waals surface area contributed by atoms with Crippen LogP contribution in [0.1, 0.15) is 26.1 Å². The average Bonchev–Trinajstić information content (AvgIpc) is 3.89. The molecule has 3 aliphatic heterocycles. The van der Waals surface area contributed by atoms with Crippen molar-refractivity contribution in [3.63, 3.8) is 0 Å². The van der Waals surface area contributed by atoms with Gasteiger partial charge in [0.05, 0.1) is 19.0 Å². The number of hydrogen-bond donors (Lipinski definition) is 1. The molecule has 0 radical (unpaired) electrons. The van der Waals surface area contributed by atoms with Crippen LogP contribution in [-0.4, -0.2) is 99.3 Å². The fourth-order valence-corrected chi connectivity index (χ4v) is 6.02. The molecule has 47 heavy (non-hydrogen) atoms. The van der Waals surface area contributed by atoms with E-state index >= 15 is 0 Å². The Morgan fingerprint density at radius 2 is 1.51 bits per heavy atom. The number of rotatable bonds is 11. The topological polar surface area (TPSA) is 130 Å². The van der Waals surface area contributed by atoms with Crippen LogP contribution in [0.5, 0.6) is 5.75 Å². The lowest BCUT2D eigenvalue weighted by atomic mass is 10.2. The highest BCUT2D eigenvalue weighted by Gasteiger charge is 2.47. The Kier molecular flexibility index (Phi) is 8.87. The number of aromatic nitrogens is 5. The summed E-state index contributed by atoms with van der Waals surface area (Å²) in [5.74, 6) is -0.00629. The number of aliphatic hydroxyl groups is 1. The third-order valence-electron chi connectivity index (χ3n) is 8.85. The van der Waals surface area contributed by atoms with Crippen LogP contribution in [0.25, 0.3) is 0 Å². The van der Waals surface area contributed by atoms with Gasteiger partial charge in [0, 0.05) is 61.7 Å². The third kappa shape index (κ3) is 6.57. The molecule has 3 aliphatic rings. The Bertz CT molecular complexity index is 1600. The summed E-state index contributed by atoms with van der Waals surface area (Å²) in [4.78, 5) is 16.8. The van der Waals surface area contributed by atoms with Crippen molar-refractivity contribution in [2.24, 2.45) is 5.10 Å². The number of piperazine rings is 1. The molecule has 2 aromatic carbocycles. The van der Waals surface area contributed by atoms with Crippen LogP contribution in [0, 0.1) is 0 Å². The fraction of sp³-hybridized carbons (Fsp3) is 0.424. The normalized spacial score (nSPS) is 23.5. The van der Waals surface area contributed by atoms with Gasteiger partial charge in [0.15, 0.2) is 5.82 Å². The van der Waals surface area contributed by atoms with Crippen LogP contribution in [0.15, 0.2) is 84.5 Å². The maximum absolute atomic E-state index is 10.7. The summed E-state index contributed by atoms with van der Waals surface area (Å²) < 4.78 is 18.6. The second-order valence-electron chi connectivity index (χ2n) is 11.9. The molecule has 0 aliphatic carbocycles. The van der Waals surface area contributed by atoms with E-state index in [0.717, 1.165) is 49.7 Å². The number of nitrogens with zero attached hydrogens (tertiary/aromatic N) is 10. The van der Waals surface area contributed by atoms with Crippen molar-refractivity contribution in [3.05, 3.63) is 85.2 Å². The SMILES string of the molecule is CCC(C)N1N=CN(c2ccc(N3CCN(c4ccc(OC[C@@H]5CO[C@@](Cn6nccn6)(c6ncccn6)O5)cc4)CC3)cc2)C1O. The van der Waals surface area contributed by atoms with E-state index < -0.39 is 12.1 Å². The van der Waals surface area contributed by atoms with Crippen molar-refractivity contribution in [3.8, 4) is 5.75 Å². The Morgan fingerprint density at radius 1 is 0.894 bits per heavy atom. The molecular weight excluding hydrogens is 600 g/mol. The quantitative estimate of drug-likeness (QED) is 0.259. The summed E-state index contributed by atoms with van der Waals surface area (Å²) >= 11 is 0. The van der Waals surface area contributed by atoms with E-state index in [2.05, 4.69) is 73.2 Å². The lowest BCUT2D eigenvalue weighted by molar-refractivity contribution is -0.198. The molecule has 0 amide bonds. The minimum absolute atomic E-state index is 0.168. The van der Waals surface area contributed by atoms with E-state index in [-0.39, 0.29) is 18.7 Å². The van der Waals surface area contributed by atoms with Crippen LogP contribution in [0.2, 0.25) is 0 Å². The van der Waals surface area contributed by atoms with Gasteiger partial charge in [0.25, 0.3) is 5.79 Å². The number of aliphatic hydroxyl groups excluding tert-OH is 1. The zero-order valence-corrected chi connectivity index (χ0v) is 26.6. The average molecular weight is 641 g/mol. The van der Waals surface area contributed by atoms with Gasteiger partial charge >= 0.3 is 0 Å². The highest BCUT2D eigenvalue weighted by Crippen LogP contribution is 2.34. The lowest BCUT2D eigenvalue weighted by Crippen LogP contribution is -2.46. The maximum Gasteiger partial charge on any atom is 0.253 e. The molecular formula is C33H40N10O4. The molecule has 2 fully saturated rings. The molecule has 246 valence electrons. The predicted octanol–water partition coefficient (Wildman–Crippen LogP) is 2.88. The Morgan fingerprint density at radius 3 is 2.15 bits per heavy atom. The Labute approximate surface area is 273 Å². The largest absolute Gasteiger partial charge is 0.491 e. The Hall–Kier alpha value is -4.79. The molecule has 0 saturated carbocycles. The van der Waals surface area contributed by atoms with Crippen molar-refractivity contribution in [2.45, 2.75) is 51.1 Å². The van der Waals surface area contributed by atoms with Gasteiger partial charge in [-0.15, -0.1) is 0 Å². The summed E-state index contributed by atoms with van der Waals surface area (Å²) in [6.45, 7) is 8.66. The molecule has 2 saturated heterocycles. The van der Waals surface area contributed by atoms with Crippen molar-refractivity contribution < 1.29 is 19.3 Å². The van der Waals surface area contributed by atoms with Gasteiger partial charge in [-0.2, -0.15) is 20.1 Å². The zero-order chi connectivity index (χ0) is 32.2. The highest BCUT2D eigenvalue weighted by molar-refractivity contribution is 5.81. The molecule has 5 heterocycles. The van der Waals surface area contributed by atoms with E-state index in [4.69, 9.17) is 14.2 Å². The van der Waals surface area contributed by atoms with Crippen LogP contribution in [-0.2, 0) is 21.8 Å². The summed E-state index contributed by atoms with van der Waals surface area (Å²) in [5, 5.41) is 25.3. The first-order chi connectivity index (χ1) is 23.0. The molecule has 0 bridgehead atoms. The summed E-state index contributed by atoms with van der Waals surface area (Å²) in [6, 6.07) is 18.4. The first-order valence-corrected chi connectivity index (χ1v) is 16.1. The van der Waals surface area contributed by atoms with E-state index in [9.17, 15) is 5.11 Å². The van der Waals surface area contributed by atoms with E-state index in [1.54, 1.807) is 47.1 Å². The van der Waals surface area contributed by atoms with Gasteiger partial charge in [-0.25, -0.2) is 15.0 Å². The Balaban J connectivity index is 0.897. The third-order valence-corrected chi connectivity index (χ3v) is 8.85. The summed E-state index contributed by atoms with van der Waals surface area (Å²) in [5.41, 5.74) is 3.25. The van der Waals surface area contributed by atoms with Crippen molar-refractivity contribution in [1.82, 2.24) is 30.0 Å². The summed E-state index contributed by atoms with van der Waals surface area (Å²) in [6.07, 6.45) is 8.05. The molecule has 0 spiro atoms. The molecule has 4 aromatic rings. The molecule has 14 nitrogen and oxygen atoms in total. The van der Waals surface area contributed by atoms with Gasteiger partial charge in [-0.05, 0) is 67.9 Å². The second-order valence-corrected chi connectivity index (χ2v) is 11.9. The van der Waals surface area contributed by atoms with Gasteiger partial charge in [0.1, 0.15) is 31.3 Å². The predicted molar refractivity (Wildman–Crippen MR) is 176 cm³/mol. The smallest absolute Gasteiger partial charge is 0.253 e.